The summed E-state index contributed by atoms with van der Waals surface area (Å²) in [6, 6.07) is 17.9. The second-order valence-corrected chi connectivity index (χ2v) is 7.39. The number of nitrogens with zero attached hydrogens (tertiary/aromatic N) is 3. The van der Waals surface area contributed by atoms with E-state index in [0.29, 0.717) is 19.6 Å². The Balaban J connectivity index is 1.35. The van der Waals surface area contributed by atoms with Gasteiger partial charge in [-0.25, -0.2) is 0 Å². The number of amides is 1. The van der Waals surface area contributed by atoms with Gasteiger partial charge in [0.2, 0.25) is 5.91 Å². The zero-order valence-corrected chi connectivity index (χ0v) is 16.8. The third-order valence-electron chi connectivity index (χ3n) is 5.53. The largest absolute Gasteiger partial charge is 0.493 e. The average molecular weight is 396 g/mol. The van der Waals surface area contributed by atoms with Gasteiger partial charge in [0.15, 0.2) is 0 Å². The van der Waals surface area contributed by atoms with Crippen molar-refractivity contribution in [2.24, 2.45) is 0 Å². The molecule has 0 aromatic heterocycles. The zero-order chi connectivity index (χ0) is 19.9. The van der Waals surface area contributed by atoms with E-state index < -0.39 is 0 Å². The normalized spacial score (nSPS) is 17.1. The topological polar surface area (TPSA) is 45.2 Å². The van der Waals surface area contributed by atoms with Crippen molar-refractivity contribution in [3.05, 3.63) is 54.6 Å². The standard InChI is InChI=1S/C23H29N3O3/c27-23(10-17-29-20-6-2-1-3-7-20)26-14-13-25(21-8-4-5-9-22(21)26)12-11-24-15-18-28-19-16-24/h1-9H,10-19H2. The van der Waals surface area contributed by atoms with Crippen molar-refractivity contribution in [3.63, 3.8) is 0 Å². The Bertz CT molecular complexity index is 793. The molecule has 0 unspecified atom stereocenters. The summed E-state index contributed by atoms with van der Waals surface area (Å²) in [4.78, 5) is 19.6. The van der Waals surface area contributed by atoms with E-state index in [1.807, 2.05) is 53.4 Å². The predicted octanol–water partition coefficient (Wildman–Crippen LogP) is 2.64. The number of anilines is 2. The molecule has 0 bridgehead atoms. The Kier molecular flexibility index (Phi) is 6.64. The van der Waals surface area contributed by atoms with Crippen LogP contribution in [0.4, 0.5) is 11.4 Å². The molecule has 0 saturated carbocycles. The minimum atomic E-state index is 0.112. The van der Waals surface area contributed by atoms with Crippen LogP contribution in [-0.4, -0.2) is 69.9 Å². The Morgan fingerprint density at radius 2 is 1.59 bits per heavy atom. The van der Waals surface area contributed by atoms with E-state index in [2.05, 4.69) is 15.9 Å². The summed E-state index contributed by atoms with van der Waals surface area (Å²) < 4.78 is 11.1. The summed E-state index contributed by atoms with van der Waals surface area (Å²) in [5.74, 6) is 0.912. The van der Waals surface area contributed by atoms with E-state index in [9.17, 15) is 4.79 Å². The van der Waals surface area contributed by atoms with Gasteiger partial charge in [-0.1, -0.05) is 30.3 Å². The molecular weight excluding hydrogens is 366 g/mol. The third kappa shape index (κ3) is 5.08. The minimum absolute atomic E-state index is 0.112. The van der Waals surface area contributed by atoms with Gasteiger partial charge in [0, 0.05) is 39.3 Å². The van der Waals surface area contributed by atoms with Crippen molar-refractivity contribution in [1.82, 2.24) is 4.90 Å². The second kappa shape index (κ2) is 9.76. The van der Waals surface area contributed by atoms with Crippen LogP contribution >= 0.6 is 0 Å². The molecule has 0 N–H and O–H groups in total. The van der Waals surface area contributed by atoms with Crippen LogP contribution in [0.25, 0.3) is 0 Å². The SMILES string of the molecule is O=C(CCOc1ccccc1)N1CCN(CCN2CCOCC2)c2ccccc21. The molecule has 2 heterocycles. The number of ether oxygens (including phenoxy) is 2. The lowest BCUT2D eigenvalue weighted by molar-refractivity contribution is -0.119. The maximum Gasteiger partial charge on any atom is 0.230 e. The zero-order valence-electron chi connectivity index (χ0n) is 16.8. The van der Waals surface area contributed by atoms with Gasteiger partial charge in [-0.05, 0) is 24.3 Å². The van der Waals surface area contributed by atoms with Gasteiger partial charge in [0.1, 0.15) is 5.75 Å². The van der Waals surface area contributed by atoms with Crippen LogP contribution in [0.5, 0.6) is 5.75 Å². The van der Waals surface area contributed by atoms with Gasteiger partial charge in [-0.3, -0.25) is 9.69 Å². The lowest BCUT2D eigenvalue weighted by Crippen LogP contribution is -2.47. The van der Waals surface area contributed by atoms with E-state index in [-0.39, 0.29) is 5.91 Å². The summed E-state index contributed by atoms with van der Waals surface area (Å²) in [6.45, 7) is 7.60. The van der Waals surface area contributed by atoms with Gasteiger partial charge in [0.05, 0.1) is 37.6 Å². The monoisotopic (exact) mass is 395 g/mol. The fourth-order valence-corrected chi connectivity index (χ4v) is 3.91. The number of para-hydroxylation sites is 3. The first-order valence-electron chi connectivity index (χ1n) is 10.4. The minimum Gasteiger partial charge on any atom is -0.493 e. The van der Waals surface area contributed by atoms with Gasteiger partial charge >= 0.3 is 0 Å². The van der Waals surface area contributed by atoms with Gasteiger partial charge in [-0.2, -0.15) is 0 Å². The highest BCUT2D eigenvalue weighted by molar-refractivity contribution is 5.97. The summed E-state index contributed by atoms with van der Waals surface area (Å²) in [5.41, 5.74) is 2.15. The molecular formula is C23H29N3O3. The number of rotatable bonds is 7. The number of hydrogen-bond acceptors (Lipinski definition) is 5. The summed E-state index contributed by atoms with van der Waals surface area (Å²) in [7, 11) is 0. The van der Waals surface area contributed by atoms with Crippen LogP contribution in [0.2, 0.25) is 0 Å². The van der Waals surface area contributed by atoms with Crippen LogP contribution < -0.4 is 14.5 Å². The molecule has 1 saturated heterocycles. The van der Waals surface area contributed by atoms with E-state index in [1.165, 1.54) is 0 Å². The van der Waals surface area contributed by atoms with Crippen molar-refractivity contribution in [1.29, 1.82) is 0 Å². The molecule has 2 aromatic rings. The van der Waals surface area contributed by atoms with Gasteiger partial charge < -0.3 is 19.3 Å². The quantitative estimate of drug-likeness (QED) is 0.721. The predicted molar refractivity (Wildman–Crippen MR) is 115 cm³/mol. The molecule has 2 aromatic carbocycles. The molecule has 154 valence electrons. The molecule has 0 atom stereocenters. The number of carbonyl (C=O) groups excluding carboxylic acids is 1. The number of morpholine rings is 1. The first-order chi connectivity index (χ1) is 14.3. The molecule has 1 amide bonds. The lowest BCUT2D eigenvalue weighted by atomic mass is 10.1. The average Bonchev–Trinajstić information content (AvgIpc) is 2.79. The fraction of sp³-hybridized carbons (Fsp3) is 0.435. The Morgan fingerprint density at radius 3 is 2.38 bits per heavy atom. The Morgan fingerprint density at radius 1 is 0.862 bits per heavy atom. The molecule has 4 rings (SSSR count). The molecule has 6 heteroatoms. The Labute approximate surface area is 172 Å². The molecule has 6 nitrogen and oxygen atoms in total. The van der Waals surface area contributed by atoms with Gasteiger partial charge in [-0.15, -0.1) is 0 Å². The van der Waals surface area contributed by atoms with Crippen molar-refractivity contribution < 1.29 is 14.3 Å². The van der Waals surface area contributed by atoms with Crippen molar-refractivity contribution in [2.75, 3.05) is 68.9 Å². The third-order valence-corrected chi connectivity index (χ3v) is 5.53. The molecule has 29 heavy (non-hydrogen) atoms. The molecule has 2 aliphatic rings. The lowest BCUT2D eigenvalue weighted by Gasteiger charge is -2.39. The first kappa shape index (κ1) is 19.7. The number of fused-ring (bicyclic) bond motifs is 1. The van der Waals surface area contributed by atoms with Crippen LogP contribution in [-0.2, 0) is 9.53 Å². The molecule has 1 fully saturated rings. The van der Waals surface area contributed by atoms with Crippen LogP contribution in [0.3, 0.4) is 0 Å². The van der Waals surface area contributed by atoms with E-state index in [1.54, 1.807) is 0 Å². The van der Waals surface area contributed by atoms with Crippen molar-refractivity contribution >= 4 is 17.3 Å². The first-order valence-corrected chi connectivity index (χ1v) is 10.4. The van der Waals surface area contributed by atoms with E-state index in [4.69, 9.17) is 9.47 Å². The number of hydrogen-bond donors (Lipinski definition) is 0. The summed E-state index contributed by atoms with van der Waals surface area (Å²) in [5, 5.41) is 0. The fourth-order valence-electron chi connectivity index (χ4n) is 3.91. The van der Waals surface area contributed by atoms with Crippen LogP contribution in [0.1, 0.15) is 6.42 Å². The number of carbonyl (C=O) groups is 1. The van der Waals surface area contributed by atoms with E-state index in [0.717, 1.165) is 63.1 Å². The van der Waals surface area contributed by atoms with Crippen molar-refractivity contribution in [3.8, 4) is 5.75 Å². The number of benzene rings is 2. The molecule has 0 spiro atoms. The maximum atomic E-state index is 12.9. The highest BCUT2D eigenvalue weighted by Crippen LogP contribution is 2.33. The second-order valence-electron chi connectivity index (χ2n) is 7.39. The Hall–Kier alpha value is -2.57. The molecule has 0 aliphatic carbocycles. The van der Waals surface area contributed by atoms with E-state index >= 15 is 0 Å². The van der Waals surface area contributed by atoms with Crippen LogP contribution in [0, 0.1) is 0 Å². The maximum absolute atomic E-state index is 12.9. The summed E-state index contributed by atoms with van der Waals surface area (Å²) >= 11 is 0. The smallest absolute Gasteiger partial charge is 0.230 e. The van der Waals surface area contributed by atoms with Crippen LogP contribution in [0.15, 0.2) is 54.6 Å². The summed E-state index contributed by atoms with van der Waals surface area (Å²) in [6.07, 6.45) is 0.372. The highest BCUT2D eigenvalue weighted by Gasteiger charge is 2.26. The van der Waals surface area contributed by atoms with Gasteiger partial charge in [0.25, 0.3) is 0 Å². The molecule has 0 radical (unpaired) electrons. The van der Waals surface area contributed by atoms with Crippen molar-refractivity contribution in [2.45, 2.75) is 6.42 Å². The highest BCUT2D eigenvalue weighted by atomic mass is 16.5. The molecule has 2 aliphatic heterocycles.